The number of rotatable bonds is 6. The molecule has 9 heteroatoms. The number of hydrogen-bond acceptors (Lipinski definition) is 6. The minimum absolute atomic E-state index is 0.0758. The monoisotopic (exact) mass is 411 g/mol. The van der Waals surface area contributed by atoms with Gasteiger partial charge in [0.25, 0.3) is 5.69 Å². The molecule has 1 heterocycles. The number of para-hydroxylation sites is 2. The number of urea groups is 1. The highest BCUT2D eigenvalue weighted by Crippen LogP contribution is 2.28. The molecule has 0 aliphatic carbocycles. The van der Waals surface area contributed by atoms with Crippen LogP contribution in [0.2, 0.25) is 0 Å². The number of nitrogens with one attached hydrogen (secondary N) is 2. The fraction of sp³-hybridized carbons (Fsp3) is 0.333. The Hall–Kier alpha value is -3.46. The summed E-state index contributed by atoms with van der Waals surface area (Å²) in [5, 5.41) is 16.3. The quantitative estimate of drug-likeness (QED) is 0.557. The molecule has 3 rings (SSSR count). The van der Waals surface area contributed by atoms with Gasteiger partial charge in [0, 0.05) is 38.8 Å². The summed E-state index contributed by atoms with van der Waals surface area (Å²) in [5.41, 5.74) is 1.60. The number of nitro benzene ring substituents is 1. The van der Waals surface area contributed by atoms with Crippen LogP contribution >= 0.6 is 0 Å². The molecular formula is C21H25N5O4. The molecule has 0 saturated carbocycles. The maximum Gasteiger partial charge on any atom is 0.321 e. The number of carbonyl (C=O) groups is 2. The SMILES string of the molecule is C[C@@H](C(=O)NC(=O)NCc1ccccc1)N1CCN(c2ccccc2[N+](=O)[O-])CC1. The molecule has 0 aromatic heterocycles. The van der Waals surface area contributed by atoms with Crippen LogP contribution in [-0.2, 0) is 11.3 Å². The van der Waals surface area contributed by atoms with Crippen LogP contribution in [0.15, 0.2) is 54.6 Å². The van der Waals surface area contributed by atoms with E-state index in [-0.39, 0.29) is 16.5 Å². The van der Waals surface area contributed by atoms with E-state index in [0.29, 0.717) is 38.4 Å². The Balaban J connectivity index is 1.48. The van der Waals surface area contributed by atoms with Gasteiger partial charge in [-0.25, -0.2) is 4.79 Å². The number of nitrogens with zero attached hydrogens (tertiary/aromatic N) is 3. The van der Waals surface area contributed by atoms with Gasteiger partial charge in [0.15, 0.2) is 0 Å². The van der Waals surface area contributed by atoms with Gasteiger partial charge in [0.05, 0.1) is 11.0 Å². The zero-order valence-corrected chi connectivity index (χ0v) is 16.8. The summed E-state index contributed by atoms with van der Waals surface area (Å²) in [7, 11) is 0. The van der Waals surface area contributed by atoms with Crippen LogP contribution in [0.3, 0.4) is 0 Å². The average molecular weight is 411 g/mol. The molecule has 2 aromatic carbocycles. The Labute approximate surface area is 174 Å². The molecule has 3 amide bonds. The molecule has 1 aliphatic heterocycles. The minimum Gasteiger partial charge on any atom is -0.363 e. The predicted molar refractivity (Wildman–Crippen MR) is 113 cm³/mol. The maximum absolute atomic E-state index is 12.4. The number of benzene rings is 2. The first-order valence-corrected chi connectivity index (χ1v) is 9.80. The highest BCUT2D eigenvalue weighted by Gasteiger charge is 2.28. The van der Waals surface area contributed by atoms with Gasteiger partial charge in [0.1, 0.15) is 5.69 Å². The maximum atomic E-state index is 12.4. The van der Waals surface area contributed by atoms with Crippen LogP contribution in [0.1, 0.15) is 12.5 Å². The largest absolute Gasteiger partial charge is 0.363 e. The van der Waals surface area contributed by atoms with Crippen molar-refractivity contribution >= 4 is 23.3 Å². The van der Waals surface area contributed by atoms with Crippen molar-refractivity contribution in [2.75, 3.05) is 31.1 Å². The van der Waals surface area contributed by atoms with E-state index in [2.05, 4.69) is 10.6 Å². The summed E-state index contributed by atoms with van der Waals surface area (Å²) in [6.07, 6.45) is 0. The zero-order valence-electron chi connectivity index (χ0n) is 16.8. The Bertz CT molecular complexity index is 897. The second kappa shape index (κ2) is 9.84. The first-order chi connectivity index (χ1) is 14.5. The smallest absolute Gasteiger partial charge is 0.321 e. The molecule has 30 heavy (non-hydrogen) atoms. The lowest BCUT2D eigenvalue weighted by Crippen LogP contribution is -2.55. The molecule has 0 spiro atoms. The first kappa shape index (κ1) is 21.3. The summed E-state index contributed by atoms with van der Waals surface area (Å²) < 4.78 is 0. The van der Waals surface area contributed by atoms with Gasteiger partial charge in [-0.3, -0.25) is 25.1 Å². The van der Waals surface area contributed by atoms with E-state index in [0.717, 1.165) is 5.56 Å². The Morgan fingerprint density at radius 3 is 2.33 bits per heavy atom. The number of piperazine rings is 1. The van der Waals surface area contributed by atoms with E-state index in [9.17, 15) is 19.7 Å². The molecule has 0 radical (unpaired) electrons. The zero-order chi connectivity index (χ0) is 21.5. The van der Waals surface area contributed by atoms with Crippen LogP contribution < -0.4 is 15.5 Å². The molecule has 9 nitrogen and oxygen atoms in total. The van der Waals surface area contributed by atoms with E-state index >= 15 is 0 Å². The Morgan fingerprint density at radius 2 is 1.67 bits per heavy atom. The normalized spacial score (nSPS) is 15.3. The van der Waals surface area contributed by atoms with Crippen LogP contribution in [0, 0.1) is 10.1 Å². The van der Waals surface area contributed by atoms with Crippen LogP contribution in [0.25, 0.3) is 0 Å². The van der Waals surface area contributed by atoms with E-state index in [1.807, 2.05) is 40.1 Å². The lowest BCUT2D eigenvalue weighted by Gasteiger charge is -2.38. The van der Waals surface area contributed by atoms with E-state index in [4.69, 9.17) is 0 Å². The molecule has 1 atom stereocenters. The third-order valence-corrected chi connectivity index (χ3v) is 5.19. The molecule has 158 valence electrons. The Kier molecular flexibility index (Phi) is 6.97. The van der Waals surface area contributed by atoms with E-state index in [1.54, 1.807) is 25.1 Å². The Morgan fingerprint density at radius 1 is 1.03 bits per heavy atom. The second-order valence-electron chi connectivity index (χ2n) is 7.10. The summed E-state index contributed by atoms with van der Waals surface area (Å²) in [4.78, 5) is 39.2. The molecule has 1 aliphatic rings. The van der Waals surface area contributed by atoms with Crippen molar-refractivity contribution < 1.29 is 14.5 Å². The van der Waals surface area contributed by atoms with E-state index in [1.165, 1.54) is 6.07 Å². The molecular weight excluding hydrogens is 386 g/mol. The summed E-state index contributed by atoms with van der Waals surface area (Å²) >= 11 is 0. The minimum atomic E-state index is -0.533. The number of carbonyl (C=O) groups excluding carboxylic acids is 2. The summed E-state index contributed by atoms with van der Waals surface area (Å²) in [5.74, 6) is -0.375. The fourth-order valence-electron chi connectivity index (χ4n) is 3.44. The molecule has 1 fully saturated rings. The van der Waals surface area contributed by atoms with Gasteiger partial charge in [-0.1, -0.05) is 42.5 Å². The topological polar surface area (TPSA) is 108 Å². The number of hydrogen-bond donors (Lipinski definition) is 2. The molecule has 0 unspecified atom stereocenters. The van der Waals surface area contributed by atoms with Crippen molar-refractivity contribution in [3.05, 3.63) is 70.3 Å². The van der Waals surface area contributed by atoms with Gasteiger partial charge in [-0.15, -0.1) is 0 Å². The van der Waals surface area contributed by atoms with Crippen molar-refractivity contribution in [2.45, 2.75) is 19.5 Å². The number of anilines is 1. The first-order valence-electron chi connectivity index (χ1n) is 9.80. The van der Waals surface area contributed by atoms with Crippen molar-refractivity contribution in [1.29, 1.82) is 0 Å². The summed E-state index contributed by atoms with van der Waals surface area (Å²) in [6.45, 7) is 4.33. The highest BCUT2D eigenvalue weighted by molar-refractivity contribution is 5.96. The lowest BCUT2D eigenvalue weighted by atomic mass is 10.2. The number of amides is 3. The third kappa shape index (κ3) is 5.32. The van der Waals surface area contributed by atoms with Gasteiger partial charge < -0.3 is 10.2 Å². The fourth-order valence-corrected chi connectivity index (χ4v) is 3.44. The summed E-state index contributed by atoms with van der Waals surface area (Å²) in [6, 6.07) is 15.1. The van der Waals surface area contributed by atoms with Gasteiger partial charge in [-0.05, 0) is 18.6 Å². The average Bonchev–Trinajstić information content (AvgIpc) is 2.78. The van der Waals surface area contributed by atoms with Crippen LogP contribution in [0.4, 0.5) is 16.2 Å². The van der Waals surface area contributed by atoms with Gasteiger partial charge in [-0.2, -0.15) is 0 Å². The molecule has 2 aromatic rings. The predicted octanol–water partition coefficient (Wildman–Crippen LogP) is 2.13. The lowest BCUT2D eigenvalue weighted by molar-refractivity contribution is -0.384. The van der Waals surface area contributed by atoms with Crippen LogP contribution in [-0.4, -0.2) is 54.0 Å². The van der Waals surface area contributed by atoms with E-state index < -0.39 is 12.1 Å². The molecule has 0 bridgehead atoms. The second-order valence-corrected chi connectivity index (χ2v) is 7.10. The molecule has 2 N–H and O–H groups in total. The standard InChI is InChI=1S/C21H25N5O4/c1-16(20(27)23-21(28)22-15-17-7-3-2-4-8-17)24-11-13-25(14-12-24)18-9-5-6-10-19(18)26(29)30/h2-10,16H,11-15H2,1H3,(H2,22,23,27,28)/t16-/m0/s1. The van der Waals surface area contributed by atoms with Crippen molar-refractivity contribution in [1.82, 2.24) is 15.5 Å². The van der Waals surface area contributed by atoms with Crippen molar-refractivity contribution in [2.24, 2.45) is 0 Å². The number of nitro groups is 1. The van der Waals surface area contributed by atoms with Crippen molar-refractivity contribution in [3.63, 3.8) is 0 Å². The van der Waals surface area contributed by atoms with Gasteiger partial charge >= 0.3 is 6.03 Å². The highest BCUT2D eigenvalue weighted by atomic mass is 16.6. The number of imide groups is 1. The third-order valence-electron chi connectivity index (χ3n) is 5.19. The van der Waals surface area contributed by atoms with Gasteiger partial charge in [0.2, 0.25) is 5.91 Å². The molecule has 1 saturated heterocycles. The van der Waals surface area contributed by atoms with Crippen LogP contribution in [0.5, 0.6) is 0 Å². The van der Waals surface area contributed by atoms with Crippen molar-refractivity contribution in [3.8, 4) is 0 Å².